The van der Waals surface area contributed by atoms with Crippen LogP contribution in [0.1, 0.15) is 30.7 Å². The van der Waals surface area contributed by atoms with Crippen molar-refractivity contribution in [2.24, 2.45) is 0 Å². The molecule has 0 unspecified atom stereocenters. The number of piperidine rings is 1. The summed E-state index contributed by atoms with van der Waals surface area (Å²) in [4.78, 5) is 18.6. The molecule has 0 aliphatic carbocycles. The predicted molar refractivity (Wildman–Crippen MR) is 88.3 cm³/mol. The van der Waals surface area contributed by atoms with Crippen LogP contribution >= 0.6 is 0 Å². The van der Waals surface area contributed by atoms with Crippen LogP contribution in [-0.4, -0.2) is 23.1 Å². The Kier molecular flexibility index (Phi) is 4.24. The summed E-state index contributed by atoms with van der Waals surface area (Å²) in [6.07, 6.45) is 4.22. The molecule has 1 aliphatic heterocycles. The van der Waals surface area contributed by atoms with Gasteiger partial charge in [0.15, 0.2) is 0 Å². The minimum atomic E-state index is -0.226. The van der Waals surface area contributed by atoms with Gasteiger partial charge >= 0.3 is 0 Å². The first-order chi connectivity index (χ1) is 10.6. The summed E-state index contributed by atoms with van der Waals surface area (Å²) in [5.74, 6) is 0.599. The van der Waals surface area contributed by atoms with Crippen molar-refractivity contribution in [1.29, 1.82) is 0 Å². The molecular weight excluding hydrogens is 278 g/mol. The Labute approximate surface area is 128 Å². The van der Waals surface area contributed by atoms with E-state index in [-0.39, 0.29) is 5.56 Å². The van der Waals surface area contributed by atoms with Crippen molar-refractivity contribution in [3.8, 4) is 0 Å². The fourth-order valence-electron chi connectivity index (χ4n) is 2.68. The highest BCUT2D eigenvalue weighted by Crippen LogP contribution is 2.25. The molecule has 0 bridgehead atoms. The molecule has 0 saturated carbocycles. The van der Waals surface area contributed by atoms with Crippen molar-refractivity contribution in [1.82, 2.24) is 15.3 Å². The minimum Gasteiger partial charge on any atom is -0.449 e. The number of nitrogens with one attached hydrogen (secondary N) is 2. The summed E-state index contributed by atoms with van der Waals surface area (Å²) in [5.41, 5.74) is 2.53. The zero-order chi connectivity index (χ0) is 15.5. The molecule has 5 heteroatoms. The van der Waals surface area contributed by atoms with Gasteiger partial charge in [-0.2, -0.15) is 0 Å². The van der Waals surface area contributed by atoms with Crippen LogP contribution in [0.3, 0.4) is 0 Å². The van der Waals surface area contributed by atoms with Crippen molar-refractivity contribution >= 4 is 22.1 Å². The number of benzene rings is 1. The van der Waals surface area contributed by atoms with Gasteiger partial charge in [0, 0.05) is 5.39 Å². The normalized spacial score (nSPS) is 14.8. The molecule has 1 aromatic carbocycles. The number of hydrogen-bond acceptors (Lipinski definition) is 4. The van der Waals surface area contributed by atoms with E-state index in [1.165, 1.54) is 32.4 Å². The first-order valence-electron chi connectivity index (χ1n) is 7.75. The number of H-pyrrole nitrogens is 1. The van der Waals surface area contributed by atoms with Gasteiger partial charge in [-0.15, -0.1) is 0 Å². The van der Waals surface area contributed by atoms with E-state index in [2.05, 4.69) is 15.3 Å². The standard InChI is InChI=1S/C12H10N2O2.C5H11N/c1-6-3-4-9-8(5-6)10-11(16-9)12(15)14-7(2)13-10;1-2-4-6-5-3-1/h3-5H,1-2H3,(H,13,14,15);6H,1-5H2. The molecule has 1 aliphatic rings. The fourth-order valence-corrected chi connectivity index (χ4v) is 2.68. The summed E-state index contributed by atoms with van der Waals surface area (Å²) in [6.45, 7) is 6.26. The highest BCUT2D eigenvalue weighted by atomic mass is 16.3. The number of aryl methyl sites for hydroxylation is 2. The lowest BCUT2D eigenvalue weighted by molar-refractivity contribution is 0.520. The van der Waals surface area contributed by atoms with Crippen LogP contribution in [0.15, 0.2) is 27.4 Å². The van der Waals surface area contributed by atoms with Crippen LogP contribution in [0.4, 0.5) is 0 Å². The monoisotopic (exact) mass is 299 g/mol. The van der Waals surface area contributed by atoms with Crippen molar-refractivity contribution in [3.05, 3.63) is 39.9 Å². The number of furan rings is 1. The van der Waals surface area contributed by atoms with Gasteiger partial charge in [-0.3, -0.25) is 4.79 Å². The molecule has 3 heterocycles. The number of hydrogen-bond donors (Lipinski definition) is 2. The minimum absolute atomic E-state index is 0.226. The fraction of sp³-hybridized carbons (Fsp3) is 0.412. The third-order valence-electron chi connectivity index (χ3n) is 3.80. The molecule has 0 amide bonds. The molecule has 1 fully saturated rings. The van der Waals surface area contributed by atoms with E-state index < -0.39 is 0 Å². The van der Waals surface area contributed by atoms with E-state index in [4.69, 9.17) is 4.42 Å². The Morgan fingerprint density at radius 3 is 2.55 bits per heavy atom. The molecule has 5 nitrogen and oxygen atoms in total. The van der Waals surface area contributed by atoms with E-state index in [0.717, 1.165) is 10.9 Å². The van der Waals surface area contributed by atoms with E-state index in [1.807, 2.05) is 25.1 Å². The van der Waals surface area contributed by atoms with Crippen LogP contribution in [0.25, 0.3) is 22.1 Å². The highest BCUT2D eigenvalue weighted by Gasteiger charge is 2.11. The van der Waals surface area contributed by atoms with Crippen LogP contribution in [0.5, 0.6) is 0 Å². The number of nitrogens with zero attached hydrogens (tertiary/aromatic N) is 1. The Bertz CT molecular complexity index is 833. The first kappa shape index (κ1) is 14.8. The van der Waals surface area contributed by atoms with Gasteiger partial charge in [-0.05, 0) is 51.9 Å². The van der Waals surface area contributed by atoms with Gasteiger partial charge in [0.25, 0.3) is 5.56 Å². The van der Waals surface area contributed by atoms with Crippen molar-refractivity contribution < 1.29 is 4.42 Å². The van der Waals surface area contributed by atoms with E-state index in [0.29, 0.717) is 22.5 Å². The lowest BCUT2D eigenvalue weighted by atomic mass is 10.2. The van der Waals surface area contributed by atoms with E-state index >= 15 is 0 Å². The summed E-state index contributed by atoms with van der Waals surface area (Å²) in [7, 11) is 0. The number of aromatic amines is 1. The smallest absolute Gasteiger partial charge is 0.294 e. The maximum atomic E-state index is 11.7. The van der Waals surface area contributed by atoms with Gasteiger partial charge in [0.2, 0.25) is 5.58 Å². The van der Waals surface area contributed by atoms with Crippen molar-refractivity contribution in [3.63, 3.8) is 0 Å². The topological polar surface area (TPSA) is 70.9 Å². The van der Waals surface area contributed by atoms with E-state index in [1.54, 1.807) is 6.92 Å². The summed E-state index contributed by atoms with van der Waals surface area (Å²) in [6, 6.07) is 5.79. The van der Waals surface area contributed by atoms with E-state index in [9.17, 15) is 4.79 Å². The second-order valence-electron chi connectivity index (χ2n) is 5.74. The number of rotatable bonds is 0. The molecule has 2 aromatic heterocycles. The van der Waals surface area contributed by atoms with Crippen molar-refractivity contribution in [2.45, 2.75) is 33.1 Å². The highest BCUT2D eigenvalue weighted by molar-refractivity contribution is 6.02. The van der Waals surface area contributed by atoms with Gasteiger partial charge in [0.05, 0.1) is 0 Å². The van der Waals surface area contributed by atoms with Crippen molar-refractivity contribution in [2.75, 3.05) is 13.1 Å². The Balaban J connectivity index is 0.000000202. The SMILES string of the molecule is C1CCNCC1.Cc1ccc2oc3c(=O)[nH]c(C)nc3c2c1. The van der Waals surface area contributed by atoms with Gasteiger partial charge < -0.3 is 14.7 Å². The molecule has 0 radical (unpaired) electrons. The molecular formula is C17H21N3O2. The number of fused-ring (bicyclic) bond motifs is 3. The first-order valence-corrected chi connectivity index (χ1v) is 7.75. The lowest BCUT2D eigenvalue weighted by Gasteiger charge is -2.08. The molecule has 116 valence electrons. The summed E-state index contributed by atoms with van der Waals surface area (Å²) in [5, 5.41) is 4.18. The molecule has 0 atom stereocenters. The van der Waals surface area contributed by atoms with Gasteiger partial charge in [0.1, 0.15) is 16.9 Å². The molecule has 3 aromatic rings. The quantitative estimate of drug-likeness (QED) is 0.669. The number of aromatic nitrogens is 2. The molecule has 0 spiro atoms. The molecule has 4 rings (SSSR count). The maximum absolute atomic E-state index is 11.7. The van der Waals surface area contributed by atoms with Crippen LogP contribution in [-0.2, 0) is 0 Å². The van der Waals surface area contributed by atoms with Crippen LogP contribution in [0, 0.1) is 13.8 Å². The lowest BCUT2D eigenvalue weighted by Crippen LogP contribution is -2.21. The molecule has 1 saturated heterocycles. The zero-order valence-corrected chi connectivity index (χ0v) is 13.0. The average molecular weight is 299 g/mol. The Morgan fingerprint density at radius 2 is 1.91 bits per heavy atom. The summed E-state index contributed by atoms with van der Waals surface area (Å²) < 4.78 is 5.49. The third-order valence-corrected chi connectivity index (χ3v) is 3.80. The summed E-state index contributed by atoms with van der Waals surface area (Å²) >= 11 is 0. The Hall–Kier alpha value is -2.14. The van der Waals surface area contributed by atoms with Crippen LogP contribution < -0.4 is 10.9 Å². The second kappa shape index (κ2) is 6.32. The second-order valence-corrected chi connectivity index (χ2v) is 5.74. The largest absolute Gasteiger partial charge is 0.449 e. The van der Waals surface area contributed by atoms with Gasteiger partial charge in [-0.25, -0.2) is 4.98 Å². The average Bonchev–Trinajstić information content (AvgIpc) is 2.88. The molecule has 2 N–H and O–H groups in total. The maximum Gasteiger partial charge on any atom is 0.294 e. The molecule has 22 heavy (non-hydrogen) atoms. The third kappa shape index (κ3) is 3.04. The predicted octanol–water partition coefficient (Wildman–Crippen LogP) is 3.05. The zero-order valence-electron chi connectivity index (χ0n) is 13.0. The van der Waals surface area contributed by atoms with Crippen LogP contribution in [0.2, 0.25) is 0 Å². The van der Waals surface area contributed by atoms with Gasteiger partial charge in [-0.1, -0.05) is 18.1 Å². The Morgan fingerprint density at radius 1 is 1.14 bits per heavy atom.